The highest BCUT2D eigenvalue weighted by Gasteiger charge is 2.12. The number of carbonyl (C=O) groups is 1. The lowest BCUT2D eigenvalue weighted by molar-refractivity contribution is -0.113. The van der Waals surface area contributed by atoms with Gasteiger partial charge < -0.3 is 10.6 Å². The Bertz CT molecular complexity index is 877. The molecule has 0 saturated heterocycles. The van der Waals surface area contributed by atoms with Crippen LogP contribution in [0, 0.1) is 5.82 Å². The molecule has 0 spiro atoms. The highest BCUT2D eigenvalue weighted by Crippen LogP contribution is 2.27. The van der Waals surface area contributed by atoms with Gasteiger partial charge in [0.15, 0.2) is 4.34 Å². The van der Waals surface area contributed by atoms with E-state index in [9.17, 15) is 9.18 Å². The first-order valence-corrected chi connectivity index (χ1v) is 9.64. The summed E-state index contributed by atoms with van der Waals surface area (Å²) in [5.41, 5.74) is 0.721. The van der Waals surface area contributed by atoms with E-state index in [1.807, 2.05) is 13.8 Å². The minimum absolute atomic E-state index is 0.138. The van der Waals surface area contributed by atoms with Crippen LogP contribution >= 0.6 is 23.1 Å². The van der Waals surface area contributed by atoms with Crippen molar-refractivity contribution < 1.29 is 9.18 Å². The molecule has 0 aliphatic rings. The Hall–Kier alpha value is -2.46. The van der Waals surface area contributed by atoms with Gasteiger partial charge in [-0.2, -0.15) is 5.10 Å². The summed E-state index contributed by atoms with van der Waals surface area (Å²) in [6, 6.07) is 7.90. The molecule has 1 amide bonds. The average molecular weight is 392 g/mol. The maximum absolute atomic E-state index is 12.9. The van der Waals surface area contributed by atoms with Gasteiger partial charge in [0, 0.05) is 17.8 Å². The Morgan fingerprint density at radius 2 is 2.04 bits per heavy atom. The summed E-state index contributed by atoms with van der Waals surface area (Å²) in [7, 11) is 0. The fraction of sp³-hybridized carbons (Fsp3) is 0.250. The van der Waals surface area contributed by atoms with E-state index in [4.69, 9.17) is 0 Å². The van der Waals surface area contributed by atoms with Crippen LogP contribution in [-0.2, 0) is 4.79 Å². The van der Waals surface area contributed by atoms with E-state index >= 15 is 0 Å². The third-order valence-corrected chi connectivity index (χ3v) is 5.23. The van der Waals surface area contributed by atoms with Crippen molar-refractivity contribution in [3.63, 3.8) is 0 Å². The Morgan fingerprint density at radius 1 is 1.27 bits per heavy atom. The van der Waals surface area contributed by atoms with Gasteiger partial charge in [-0.05, 0) is 38.1 Å². The van der Waals surface area contributed by atoms with Gasteiger partial charge in [-0.3, -0.25) is 4.79 Å². The fourth-order valence-electron chi connectivity index (χ4n) is 2.11. The number of aromatic nitrogens is 4. The number of benzene rings is 1. The lowest BCUT2D eigenvalue weighted by atomic mass is 10.3. The highest BCUT2D eigenvalue weighted by atomic mass is 32.2. The van der Waals surface area contributed by atoms with E-state index < -0.39 is 0 Å². The molecule has 0 fully saturated rings. The second-order valence-corrected chi connectivity index (χ2v) is 7.80. The Morgan fingerprint density at radius 3 is 2.77 bits per heavy atom. The zero-order valence-corrected chi connectivity index (χ0v) is 15.8. The number of rotatable bonds is 7. The van der Waals surface area contributed by atoms with Crippen molar-refractivity contribution in [1.29, 1.82) is 0 Å². The lowest BCUT2D eigenvalue weighted by Crippen LogP contribution is -2.18. The van der Waals surface area contributed by atoms with Crippen LogP contribution in [0.25, 0.3) is 0 Å². The molecule has 0 bridgehead atoms. The normalized spacial score (nSPS) is 10.9. The van der Waals surface area contributed by atoms with Gasteiger partial charge in [-0.25, -0.2) is 9.07 Å². The fourth-order valence-corrected chi connectivity index (χ4v) is 3.68. The van der Waals surface area contributed by atoms with E-state index in [-0.39, 0.29) is 23.5 Å². The van der Waals surface area contributed by atoms with Crippen LogP contribution < -0.4 is 10.6 Å². The largest absolute Gasteiger partial charge is 0.330 e. The molecule has 2 N–H and O–H groups in total. The number of hydrogen-bond acceptors (Lipinski definition) is 7. The number of anilines is 3. The van der Waals surface area contributed by atoms with Crippen molar-refractivity contribution >= 4 is 45.6 Å². The van der Waals surface area contributed by atoms with Crippen LogP contribution in [-0.4, -0.2) is 31.6 Å². The van der Waals surface area contributed by atoms with Gasteiger partial charge in [-0.15, -0.1) is 10.2 Å². The van der Waals surface area contributed by atoms with Crippen molar-refractivity contribution in [2.75, 3.05) is 16.4 Å². The summed E-state index contributed by atoms with van der Waals surface area (Å²) in [6.07, 6.45) is 1.65. The summed E-state index contributed by atoms with van der Waals surface area (Å²) in [4.78, 5) is 12.1. The molecule has 1 aromatic carbocycles. The second-order valence-electron chi connectivity index (χ2n) is 5.60. The summed E-state index contributed by atoms with van der Waals surface area (Å²) in [6.45, 7) is 3.99. The van der Waals surface area contributed by atoms with Crippen molar-refractivity contribution in [2.45, 2.75) is 24.2 Å². The first kappa shape index (κ1) is 18.3. The first-order chi connectivity index (χ1) is 12.5. The summed E-state index contributed by atoms with van der Waals surface area (Å²) >= 11 is 2.63. The minimum Gasteiger partial charge on any atom is -0.330 e. The molecule has 3 aromatic rings. The van der Waals surface area contributed by atoms with Crippen molar-refractivity contribution in [3.8, 4) is 0 Å². The van der Waals surface area contributed by atoms with Crippen LogP contribution in [0.3, 0.4) is 0 Å². The molecule has 3 rings (SSSR count). The van der Waals surface area contributed by atoms with Gasteiger partial charge in [0.25, 0.3) is 0 Å². The molecule has 0 atom stereocenters. The molecule has 0 aliphatic carbocycles. The number of carbonyl (C=O) groups excluding carboxylic acids is 1. The maximum Gasteiger partial charge on any atom is 0.235 e. The summed E-state index contributed by atoms with van der Waals surface area (Å²) in [5, 5.41) is 18.7. The number of halogens is 1. The second kappa shape index (κ2) is 8.28. The SMILES string of the molecule is CC(C)n1nccc1NC(=O)CSc1nnc(Nc2ccc(F)cc2)s1. The van der Waals surface area contributed by atoms with Gasteiger partial charge in [0.2, 0.25) is 11.0 Å². The lowest BCUT2D eigenvalue weighted by Gasteiger charge is -2.11. The van der Waals surface area contributed by atoms with Crippen LogP contribution in [0.4, 0.5) is 21.0 Å². The Kier molecular flexibility index (Phi) is 5.84. The molecule has 136 valence electrons. The maximum atomic E-state index is 12.9. The molecule has 26 heavy (non-hydrogen) atoms. The molecule has 0 aliphatic heterocycles. The van der Waals surface area contributed by atoms with Crippen LogP contribution in [0.15, 0.2) is 40.9 Å². The third kappa shape index (κ3) is 4.79. The van der Waals surface area contributed by atoms with Gasteiger partial charge >= 0.3 is 0 Å². The Labute approximate surface area is 158 Å². The monoisotopic (exact) mass is 392 g/mol. The smallest absolute Gasteiger partial charge is 0.235 e. The van der Waals surface area contributed by atoms with E-state index in [1.165, 1.54) is 35.2 Å². The van der Waals surface area contributed by atoms with E-state index in [2.05, 4.69) is 25.9 Å². The van der Waals surface area contributed by atoms with E-state index in [0.29, 0.717) is 15.3 Å². The zero-order chi connectivity index (χ0) is 18.5. The van der Waals surface area contributed by atoms with Crippen molar-refractivity contribution in [1.82, 2.24) is 20.0 Å². The molecule has 2 aromatic heterocycles. The molecule has 10 heteroatoms. The molecule has 2 heterocycles. The van der Waals surface area contributed by atoms with Gasteiger partial charge in [-0.1, -0.05) is 23.1 Å². The molecular weight excluding hydrogens is 375 g/mol. The molecule has 0 radical (unpaired) electrons. The van der Waals surface area contributed by atoms with Crippen LogP contribution in [0.5, 0.6) is 0 Å². The quantitative estimate of drug-likeness (QED) is 0.593. The van der Waals surface area contributed by atoms with Gasteiger partial charge in [0.05, 0.1) is 11.9 Å². The van der Waals surface area contributed by atoms with Crippen molar-refractivity contribution in [2.24, 2.45) is 0 Å². The number of nitrogens with zero attached hydrogens (tertiary/aromatic N) is 4. The number of hydrogen-bond donors (Lipinski definition) is 2. The predicted molar refractivity (Wildman–Crippen MR) is 102 cm³/mol. The van der Waals surface area contributed by atoms with E-state index in [1.54, 1.807) is 29.1 Å². The topological polar surface area (TPSA) is 84.7 Å². The molecule has 7 nitrogen and oxygen atoms in total. The first-order valence-electron chi connectivity index (χ1n) is 7.83. The van der Waals surface area contributed by atoms with E-state index in [0.717, 1.165) is 5.69 Å². The van der Waals surface area contributed by atoms with Crippen LogP contribution in [0.1, 0.15) is 19.9 Å². The Balaban J connectivity index is 1.52. The van der Waals surface area contributed by atoms with Gasteiger partial charge in [0.1, 0.15) is 11.6 Å². The average Bonchev–Trinajstić information content (AvgIpc) is 3.24. The summed E-state index contributed by atoms with van der Waals surface area (Å²) < 4.78 is 15.3. The highest BCUT2D eigenvalue weighted by molar-refractivity contribution is 8.01. The summed E-state index contributed by atoms with van der Waals surface area (Å²) in [5.74, 6) is 0.449. The minimum atomic E-state index is -0.297. The molecule has 0 saturated carbocycles. The number of nitrogens with one attached hydrogen (secondary N) is 2. The zero-order valence-electron chi connectivity index (χ0n) is 14.1. The third-order valence-electron chi connectivity index (χ3n) is 3.26. The standard InChI is InChI=1S/C16H17FN6OS2/c1-10(2)23-13(7-8-18-23)20-14(24)9-25-16-22-21-15(26-16)19-12-5-3-11(17)4-6-12/h3-8,10H,9H2,1-2H3,(H,19,21)(H,20,24). The number of amides is 1. The molecule has 0 unspecified atom stereocenters. The van der Waals surface area contributed by atoms with Crippen LogP contribution in [0.2, 0.25) is 0 Å². The molecular formula is C16H17FN6OS2. The van der Waals surface area contributed by atoms with Crippen molar-refractivity contribution in [3.05, 3.63) is 42.3 Å². The number of thioether (sulfide) groups is 1. The predicted octanol–water partition coefficient (Wildman–Crippen LogP) is 3.93.